The van der Waals surface area contributed by atoms with Crippen molar-refractivity contribution < 1.29 is 14.6 Å². The maximum Gasteiger partial charge on any atom is 0.354 e. The van der Waals surface area contributed by atoms with Crippen LogP contribution in [0.3, 0.4) is 0 Å². The van der Waals surface area contributed by atoms with Crippen LogP contribution >= 0.6 is 0 Å². The molecule has 0 aliphatic heterocycles. The Labute approximate surface area is 111 Å². The van der Waals surface area contributed by atoms with Crippen molar-refractivity contribution in [2.45, 2.75) is 19.9 Å². The molecule has 1 aromatic carbocycles. The molecule has 2 rings (SSSR count). The summed E-state index contributed by atoms with van der Waals surface area (Å²) in [5.41, 5.74) is 1.65. The average molecular weight is 260 g/mol. The molecule has 5 heteroatoms. The lowest BCUT2D eigenvalue weighted by molar-refractivity contribution is 0.0681. The van der Waals surface area contributed by atoms with E-state index in [4.69, 9.17) is 4.74 Å². The zero-order chi connectivity index (χ0) is 14.0. The van der Waals surface area contributed by atoms with Gasteiger partial charge in [0.05, 0.1) is 12.8 Å². The zero-order valence-electron chi connectivity index (χ0n) is 11.1. The Morgan fingerprint density at radius 2 is 2.11 bits per heavy atom. The van der Waals surface area contributed by atoms with Gasteiger partial charge in [0.15, 0.2) is 0 Å². The van der Waals surface area contributed by atoms with E-state index in [9.17, 15) is 9.90 Å². The molecule has 2 aromatic rings. The second-order valence-electron chi connectivity index (χ2n) is 4.49. The highest BCUT2D eigenvalue weighted by Crippen LogP contribution is 2.24. The van der Waals surface area contributed by atoms with Gasteiger partial charge in [0, 0.05) is 11.6 Å². The van der Waals surface area contributed by atoms with Crippen LogP contribution in [0.2, 0.25) is 0 Å². The quantitative estimate of drug-likeness (QED) is 0.918. The minimum atomic E-state index is -0.977. The Bertz CT molecular complexity index is 602. The van der Waals surface area contributed by atoms with Crippen molar-refractivity contribution in [1.82, 2.24) is 9.78 Å². The molecular formula is C14H16N2O3. The van der Waals surface area contributed by atoms with Gasteiger partial charge in [0.1, 0.15) is 11.4 Å². The fourth-order valence-electron chi connectivity index (χ4n) is 1.87. The van der Waals surface area contributed by atoms with Crippen molar-refractivity contribution in [3.63, 3.8) is 0 Å². The smallest absolute Gasteiger partial charge is 0.354 e. The summed E-state index contributed by atoms with van der Waals surface area (Å²) < 4.78 is 6.67. The number of aromatic carboxylic acids is 1. The first kappa shape index (κ1) is 13.1. The van der Waals surface area contributed by atoms with Gasteiger partial charge in [-0.25, -0.2) is 4.79 Å². The van der Waals surface area contributed by atoms with Crippen LogP contribution < -0.4 is 4.74 Å². The molecule has 19 heavy (non-hydrogen) atoms. The number of methoxy groups -OCH3 is 1. The maximum absolute atomic E-state index is 11.2. The summed E-state index contributed by atoms with van der Waals surface area (Å²) in [6.45, 7) is 3.80. The van der Waals surface area contributed by atoms with Gasteiger partial charge in [-0.1, -0.05) is 12.1 Å². The van der Waals surface area contributed by atoms with Crippen molar-refractivity contribution in [2.24, 2.45) is 0 Å². The molecule has 0 unspecified atom stereocenters. The maximum atomic E-state index is 11.2. The normalized spacial score (nSPS) is 10.7. The van der Waals surface area contributed by atoms with E-state index in [1.807, 2.05) is 38.1 Å². The van der Waals surface area contributed by atoms with E-state index in [0.717, 1.165) is 5.56 Å². The number of hydrogen-bond donors (Lipinski definition) is 1. The highest BCUT2D eigenvalue weighted by atomic mass is 16.5. The Kier molecular flexibility index (Phi) is 3.55. The number of aromatic nitrogens is 2. The van der Waals surface area contributed by atoms with Crippen LogP contribution in [0.25, 0.3) is 11.3 Å². The lowest BCUT2D eigenvalue weighted by Crippen LogP contribution is -2.11. The van der Waals surface area contributed by atoms with E-state index in [1.165, 1.54) is 4.68 Å². The lowest BCUT2D eigenvalue weighted by atomic mass is 10.1. The first-order chi connectivity index (χ1) is 9.02. The van der Waals surface area contributed by atoms with Gasteiger partial charge in [-0.15, -0.1) is 0 Å². The van der Waals surface area contributed by atoms with Crippen LogP contribution in [0.1, 0.15) is 30.4 Å². The molecule has 0 radical (unpaired) electrons. The van der Waals surface area contributed by atoms with Crippen molar-refractivity contribution in [1.29, 1.82) is 0 Å². The van der Waals surface area contributed by atoms with Gasteiger partial charge >= 0.3 is 5.97 Å². The van der Waals surface area contributed by atoms with Gasteiger partial charge < -0.3 is 9.84 Å². The summed E-state index contributed by atoms with van der Waals surface area (Å²) >= 11 is 0. The number of hydrogen-bond acceptors (Lipinski definition) is 3. The van der Waals surface area contributed by atoms with E-state index >= 15 is 0 Å². The van der Waals surface area contributed by atoms with Gasteiger partial charge in [0.25, 0.3) is 0 Å². The Hall–Kier alpha value is -2.30. The van der Waals surface area contributed by atoms with Crippen LogP contribution in [0.15, 0.2) is 30.3 Å². The molecule has 100 valence electrons. The molecule has 0 saturated carbocycles. The third-order valence-corrected chi connectivity index (χ3v) is 2.81. The number of benzene rings is 1. The van der Waals surface area contributed by atoms with E-state index in [0.29, 0.717) is 11.4 Å². The molecule has 0 saturated heterocycles. The zero-order valence-corrected chi connectivity index (χ0v) is 11.1. The van der Waals surface area contributed by atoms with Crippen LogP contribution in [0.4, 0.5) is 0 Å². The Morgan fingerprint density at radius 3 is 2.63 bits per heavy atom. The number of nitrogens with zero attached hydrogens (tertiary/aromatic N) is 2. The summed E-state index contributed by atoms with van der Waals surface area (Å²) in [5.74, 6) is -0.260. The van der Waals surface area contributed by atoms with Crippen molar-refractivity contribution in [3.05, 3.63) is 36.0 Å². The topological polar surface area (TPSA) is 64.3 Å². The van der Waals surface area contributed by atoms with Gasteiger partial charge in [-0.05, 0) is 32.0 Å². The van der Waals surface area contributed by atoms with Crippen molar-refractivity contribution in [3.8, 4) is 17.0 Å². The van der Waals surface area contributed by atoms with Crippen LogP contribution in [-0.4, -0.2) is 28.0 Å². The number of ether oxygens (including phenoxy) is 1. The second kappa shape index (κ2) is 5.14. The van der Waals surface area contributed by atoms with E-state index in [1.54, 1.807) is 13.2 Å². The third kappa shape index (κ3) is 2.59. The van der Waals surface area contributed by atoms with Crippen molar-refractivity contribution >= 4 is 5.97 Å². The molecular weight excluding hydrogens is 244 g/mol. The molecule has 0 amide bonds. The lowest BCUT2D eigenvalue weighted by Gasteiger charge is -2.07. The van der Waals surface area contributed by atoms with Gasteiger partial charge in [-0.2, -0.15) is 5.10 Å². The highest BCUT2D eigenvalue weighted by molar-refractivity contribution is 5.87. The molecule has 1 heterocycles. The molecule has 0 spiro atoms. The van der Waals surface area contributed by atoms with Crippen LogP contribution in [-0.2, 0) is 0 Å². The SMILES string of the molecule is COc1cccc(-c2cc(C(=O)O)n(C(C)C)n2)c1. The number of carbonyl (C=O) groups is 1. The minimum Gasteiger partial charge on any atom is -0.497 e. The van der Waals surface area contributed by atoms with E-state index < -0.39 is 5.97 Å². The molecule has 0 atom stereocenters. The predicted molar refractivity (Wildman–Crippen MR) is 71.6 cm³/mol. The molecule has 0 bridgehead atoms. The molecule has 1 aromatic heterocycles. The molecule has 0 fully saturated rings. The van der Waals surface area contributed by atoms with Crippen LogP contribution in [0.5, 0.6) is 5.75 Å². The first-order valence-corrected chi connectivity index (χ1v) is 6.00. The summed E-state index contributed by atoms with van der Waals surface area (Å²) in [5, 5.41) is 13.5. The van der Waals surface area contributed by atoms with E-state index in [-0.39, 0.29) is 11.7 Å². The predicted octanol–water partition coefficient (Wildman–Crippen LogP) is 2.84. The van der Waals surface area contributed by atoms with Crippen molar-refractivity contribution in [2.75, 3.05) is 7.11 Å². The monoisotopic (exact) mass is 260 g/mol. The van der Waals surface area contributed by atoms with Gasteiger partial charge in [0.2, 0.25) is 0 Å². The third-order valence-electron chi connectivity index (χ3n) is 2.81. The summed E-state index contributed by atoms with van der Waals surface area (Å²) in [6, 6.07) is 8.96. The second-order valence-corrected chi connectivity index (χ2v) is 4.49. The Balaban J connectivity index is 2.50. The number of carboxylic acids is 1. The number of carboxylic acid groups (broad SMARTS) is 1. The first-order valence-electron chi connectivity index (χ1n) is 6.00. The largest absolute Gasteiger partial charge is 0.497 e. The fraction of sp³-hybridized carbons (Fsp3) is 0.286. The molecule has 0 aliphatic rings. The standard InChI is InChI=1S/C14H16N2O3/c1-9(2)16-13(14(17)18)8-12(15-16)10-5-4-6-11(7-10)19-3/h4-9H,1-3H3,(H,17,18). The van der Waals surface area contributed by atoms with Gasteiger partial charge in [-0.3, -0.25) is 4.68 Å². The highest BCUT2D eigenvalue weighted by Gasteiger charge is 2.17. The van der Waals surface area contributed by atoms with E-state index in [2.05, 4.69) is 5.10 Å². The summed E-state index contributed by atoms with van der Waals surface area (Å²) in [6.07, 6.45) is 0. The van der Waals surface area contributed by atoms with Crippen LogP contribution in [0, 0.1) is 0 Å². The minimum absolute atomic E-state index is 0.00884. The molecule has 5 nitrogen and oxygen atoms in total. The molecule has 0 aliphatic carbocycles. The summed E-state index contributed by atoms with van der Waals surface area (Å²) in [4.78, 5) is 11.2. The Morgan fingerprint density at radius 1 is 1.37 bits per heavy atom. The summed E-state index contributed by atoms with van der Waals surface area (Å²) in [7, 11) is 1.59. The average Bonchev–Trinajstić information content (AvgIpc) is 2.84. The fourth-order valence-corrected chi connectivity index (χ4v) is 1.87. The molecule has 1 N–H and O–H groups in total. The number of rotatable bonds is 4.